The summed E-state index contributed by atoms with van der Waals surface area (Å²) in [5.74, 6) is -1.06. The molecule has 0 saturated carbocycles. The molecule has 5 heteroatoms. The first-order chi connectivity index (χ1) is 7.95. The number of amides is 1. The summed E-state index contributed by atoms with van der Waals surface area (Å²) in [6.45, 7) is 3.51. The molecule has 0 saturated heterocycles. The van der Waals surface area contributed by atoms with E-state index >= 15 is 0 Å². The Morgan fingerprint density at radius 1 is 1.47 bits per heavy atom. The van der Waals surface area contributed by atoms with E-state index in [0.29, 0.717) is 17.7 Å². The molecule has 92 valence electrons. The second-order valence-electron chi connectivity index (χ2n) is 3.70. The average Bonchev–Trinajstić information content (AvgIpc) is 2.26. The maximum absolute atomic E-state index is 11.0. The van der Waals surface area contributed by atoms with Crippen molar-refractivity contribution in [1.82, 2.24) is 0 Å². The molecule has 5 nitrogen and oxygen atoms in total. The Morgan fingerprint density at radius 3 is 2.53 bits per heavy atom. The standard InChI is InChI=1S/C12H15NO4/c1-3-9(11(13)14)17-10-5-4-8(12(15)16)6-7(10)2/h4-6,9H,3H2,1-2H3,(H2,13,14)(H,15,16). The van der Waals surface area contributed by atoms with Crippen molar-refractivity contribution in [2.75, 3.05) is 0 Å². The van der Waals surface area contributed by atoms with Crippen LogP contribution in [0.2, 0.25) is 0 Å². The third-order valence-electron chi connectivity index (χ3n) is 2.38. The topological polar surface area (TPSA) is 89.6 Å². The summed E-state index contributed by atoms with van der Waals surface area (Å²) < 4.78 is 5.42. The third kappa shape index (κ3) is 3.21. The summed E-state index contributed by atoms with van der Waals surface area (Å²) in [4.78, 5) is 21.8. The van der Waals surface area contributed by atoms with E-state index in [9.17, 15) is 9.59 Å². The van der Waals surface area contributed by atoms with Crippen LogP contribution in [-0.2, 0) is 4.79 Å². The number of hydrogen-bond donors (Lipinski definition) is 2. The molecule has 0 bridgehead atoms. The molecule has 0 aliphatic rings. The van der Waals surface area contributed by atoms with Crippen LogP contribution in [0.3, 0.4) is 0 Å². The molecule has 1 rings (SSSR count). The van der Waals surface area contributed by atoms with Gasteiger partial charge in [-0.25, -0.2) is 4.79 Å². The molecule has 1 aromatic rings. The number of nitrogens with two attached hydrogens (primary N) is 1. The van der Waals surface area contributed by atoms with Crippen LogP contribution in [0.25, 0.3) is 0 Å². The fourth-order valence-corrected chi connectivity index (χ4v) is 1.41. The van der Waals surface area contributed by atoms with Crippen molar-refractivity contribution in [3.05, 3.63) is 29.3 Å². The van der Waals surface area contributed by atoms with Gasteiger partial charge in [-0.15, -0.1) is 0 Å². The second-order valence-corrected chi connectivity index (χ2v) is 3.70. The van der Waals surface area contributed by atoms with Crippen LogP contribution in [0.5, 0.6) is 5.75 Å². The number of benzene rings is 1. The van der Waals surface area contributed by atoms with Crippen LogP contribution in [0.1, 0.15) is 29.3 Å². The molecular formula is C12H15NO4. The Labute approximate surface area is 99.2 Å². The molecule has 0 fully saturated rings. The van der Waals surface area contributed by atoms with Gasteiger partial charge in [-0.2, -0.15) is 0 Å². The lowest BCUT2D eigenvalue weighted by molar-refractivity contribution is -0.124. The number of rotatable bonds is 5. The van der Waals surface area contributed by atoms with Crippen LogP contribution >= 0.6 is 0 Å². The minimum absolute atomic E-state index is 0.182. The van der Waals surface area contributed by atoms with Crippen molar-refractivity contribution in [3.63, 3.8) is 0 Å². The summed E-state index contributed by atoms with van der Waals surface area (Å²) in [5, 5.41) is 8.80. The zero-order valence-corrected chi connectivity index (χ0v) is 9.77. The molecule has 1 atom stereocenters. The molecular weight excluding hydrogens is 222 g/mol. The highest BCUT2D eigenvalue weighted by Crippen LogP contribution is 2.21. The maximum Gasteiger partial charge on any atom is 0.335 e. The number of carbonyl (C=O) groups excluding carboxylic acids is 1. The lowest BCUT2D eigenvalue weighted by Crippen LogP contribution is -2.33. The van der Waals surface area contributed by atoms with Gasteiger partial charge in [-0.1, -0.05) is 6.92 Å². The minimum Gasteiger partial charge on any atom is -0.480 e. The number of hydrogen-bond acceptors (Lipinski definition) is 3. The van der Waals surface area contributed by atoms with E-state index in [-0.39, 0.29) is 5.56 Å². The van der Waals surface area contributed by atoms with Gasteiger partial charge in [0.25, 0.3) is 5.91 Å². The van der Waals surface area contributed by atoms with Crippen LogP contribution in [0.4, 0.5) is 0 Å². The van der Waals surface area contributed by atoms with E-state index in [4.69, 9.17) is 15.6 Å². The summed E-state index contributed by atoms with van der Waals surface area (Å²) in [6.07, 6.45) is -0.223. The van der Waals surface area contributed by atoms with Crippen LogP contribution in [0, 0.1) is 6.92 Å². The lowest BCUT2D eigenvalue weighted by atomic mass is 10.1. The summed E-state index contributed by atoms with van der Waals surface area (Å²) in [6, 6.07) is 4.45. The summed E-state index contributed by atoms with van der Waals surface area (Å²) in [7, 11) is 0. The van der Waals surface area contributed by atoms with Crippen molar-refractivity contribution in [1.29, 1.82) is 0 Å². The Bertz CT molecular complexity index is 442. The molecule has 0 heterocycles. The number of carboxylic acid groups (broad SMARTS) is 1. The van der Waals surface area contributed by atoms with E-state index in [1.54, 1.807) is 13.8 Å². The largest absolute Gasteiger partial charge is 0.480 e. The molecule has 1 amide bonds. The zero-order valence-electron chi connectivity index (χ0n) is 9.77. The summed E-state index contributed by atoms with van der Waals surface area (Å²) >= 11 is 0. The maximum atomic E-state index is 11.0. The number of carbonyl (C=O) groups is 2. The fraction of sp³-hybridized carbons (Fsp3) is 0.333. The molecule has 0 aliphatic carbocycles. The Morgan fingerprint density at radius 2 is 2.12 bits per heavy atom. The Balaban J connectivity index is 2.93. The number of aromatic carboxylic acids is 1. The molecule has 17 heavy (non-hydrogen) atoms. The number of primary amides is 1. The highest BCUT2D eigenvalue weighted by Gasteiger charge is 2.16. The van der Waals surface area contributed by atoms with E-state index in [1.165, 1.54) is 18.2 Å². The molecule has 1 aromatic carbocycles. The quantitative estimate of drug-likeness (QED) is 0.808. The fourth-order valence-electron chi connectivity index (χ4n) is 1.41. The molecule has 0 radical (unpaired) electrons. The first-order valence-electron chi connectivity index (χ1n) is 5.25. The first kappa shape index (κ1) is 13.0. The van der Waals surface area contributed by atoms with E-state index in [2.05, 4.69) is 0 Å². The normalized spacial score (nSPS) is 11.9. The van der Waals surface area contributed by atoms with Gasteiger partial charge in [-0.3, -0.25) is 4.79 Å². The minimum atomic E-state index is -0.999. The van der Waals surface area contributed by atoms with Gasteiger partial charge in [0.1, 0.15) is 5.75 Å². The van der Waals surface area contributed by atoms with Crippen molar-refractivity contribution < 1.29 is 19.4 Å². The van der Waals surface area contributed by atoms with Crippen LogP contribution in [0.15, 0.2) is 18.2 Å². The highest BCUT2D eigenvalue weighted by molar-refractivity contribution is 5.88. The molecule has 0 spiro atoms. The lowest BCUT2D eigenvalue weighted by Gasteiger charge is -2.16. The van der Waals surface area contributed by atoms with E-state index < -0.39 is 18.0 Å². The zero-order chi connectivity index (χ0) is 13.0. The first-order valence-corrected chi connectivity index (χ1v) is 5.25. The smallest absolute Gasteiger partial charge is 0.335 e. The van der Waals surface area contributed by atoms with Crippen molar-refractivity contribution in [2.45, 2.75) is 26.4 Å². The molecule has 0 aliphatic heterocycles. The number of ether oxygens (including phenoxy) is 1. The molecule has 1 unspecified atom stereocenters. The van der Waals surface area contributed by atoms with Gasteiger partial charge in [0.05, 0.1) is 5.56 Å². The average molecular weight is 237 g/mol. The van der Waals surface area contributed by atoms with E-state index in [1.807, 2.05) is 0 Å². The van der Waals surface area contributed by atoms with Crippen molar-refractivity contribution in [2.24, 2.45) is 5.73 Å². The highest BCUT2D eigenvalue weighted by atomic mass is 16.5. The third-order valence-corrected chi connectivity index (χ3v) is 2.38. The van der Waals surface area contributed by atoms with Crippen LogP contribution < -0.4 is 10.5 Å². The van der Waals surface area contributed by atoms with Crippen molar-refractivity contribution >= 4 is 11.9 Å². The van der Waals surface area contributed by atoms with Gasteiger partial charge >= 0.3 is 5.97 Å². The van der Waals surface area contributed by atoms with E-state index in [0.717, 1.165) is 0 Å². The van der Waals surface area contributed by atoms with Gasteiger partial charge < -0.3 is 15.6 Å². The predicted molar refractivity (Wildman–Crippen MR) is 62.0 cm³/mol. The number of aryl methyl sites for hydroxylation is 1. The van der Waals surface area contributed by atoms with Crippen molar-refractivity contribution in [3.8, 4) is 5.75 Å². The molecule has 0 aromatic heterocycles. The van der Waals surface area contributed by atoms with Crippen LogP contribution in [-0.4, -0.2) is 23.1 Å². The van der Waals surface area contributed by atoms with Gasteiger partial charge in [0, 0.05) is 0 Å². The SMILES string of the molecule is CCC(Oc1ccc(C(=O)O)cc1C)C(N)=O. The van der Waals surface area contributed by atoms with Gasteiger partial charge in [-0.05, 0) is 37.1 Å². The molecule has 3 N–H and O–H groups in total. The Kier molecular flexibility index (Phi) is 4.09. The Hall–Kier alpha value is -2.04. The number of carboxylic acids is 1. The van der Waals surface area contributed by atoms with Gasteiger partial charge in [0.2, 0.25) is 0 Å². The second kappa shape index (κ2) is 5.34. The van der Waals surface area contributed by atoms with Gasteiger partial charge in [0.15, 0.2) is 6.10 Å². The predicted octanol–water partition coefficient (Wildman–Crippen LogP) is 1.34. The summed E-state index contributed by atoms with van der Waals surface area (Å²) in [5.41, 5.74) is 6.00. The monoisotopic (exact) mass is 237 g/mol.